The monoisotopic (exact) mass is 269 g/mol. The Morgan fingerprint density at radius 1 is 1.00 bits per heavy atom. The molecule has 108 valence electrons. The van der Waals surface area contributed by atoms with Gasteiger partial charge in [0.1, 0.15) is 0 Å². The van der Waals surface area contributed by atoms with Crippen molar-refractivity contribution in [3.8, 4) is 0 Å². The van der Waals surface area contributed by atoms with Gasteiger partial charge in [-0.3, -0.25) is 0 Å². The van der Waals surface area contributed by atoms with E-state index in [0.717, 1.165) is 12.5 Å². The van der Waals surface area contributed by atoms with Gasteiger partial charge in [0.15, 0.2) is 0 Å². The summed E-state index contributed by atoms with van der Waals surface area (Å²) in [5, 5.41) is 2.80. The van der Waals surface area contributed by atoms with Crippen LogP contribution >= 0.6 is 0 Å². The molecule has 1 heteroatoms. The maximum atomic E-state index is 2.44. The average Bonchev–Trinajstić information content (AvgIpc) is 2.42. The number of aryl methyl sites for hydroxylation is 1. The molecule has 1 nitrogen and oxygen atoms in total. The molecule has 0 bridgehead atoms. The highest BCUT2D eigenvalue weighted by Crippen LogP contribution is 2.23. The number of benzene rings is 2. The number of rotatable bonds is 6. The van der Waals surface area contributed by atoms with Crippen molar-refractivity contribution in [1.29, 1.82) is 0 Å². The second-order valence-electron chi connectivity index (χ2n) is 6.36. The Kier molecular flexibility index (Phi) is 5.19. The summed E-state index contributed by atoms with van der Waals surface area (Å²) >= 11 is 0. The van der Waals surface area contributed by atoms with Crippen LogP contribution in [0.3, 0.4) is 0 Å². The molecular formula is C19H27N. The molecule has 0 aliphatic rings. The highest BCUT2D eigenvalue weighted by Gasteiger charge is 2.06. The molecule has 0 fully saturated rings. The summed E-state index contributed by atoms with van der Waals surface area (Å²) in [6.07, 6.45) is 2.61. The summed E-state index contributed by atoms with van der Waals surface area (Å²) in [6.45, 7) is 9.01. The Morgan fingerprint density at radius 2 is 1.70 bits per heavy atom. The van der Waals surface area contributed by atoms with Gasteiger partial charge in [0.2, 0.25) is 0 Å². The van der Waals surface area contributed by atoms with Crippen molar-refractivity contribution in [3.05, 3.63) is 47.5 Å². The van der Waals surface area contributed by atoms with Crippen molar-refractivity contribution in [3.63, 3.8) is 0 Å². The molecule has 0 saturated carbocycles. The van der Waals surface area contributed by atoms with E-state index in [0.29, 0.717) is 0 Å². The Balaban J connectivity index is 2.08. The zero-order chi connectivity index (χ0) is 14.5. The van der Waals surface area contributed by atoms with Crippen LogP contribution in [0.1, 0.15) is 37.8 Å². The third kappa shape index (κ3) is 3.83. The van der Waals surface area contributed by atoms with E-state index < -0.39 is 0 Å². The number of hydrogen-bond donors (Lipinski definition) is 0. The van der Waals surface area contributed by atoms with Crippen LogP contribution in [-0.2, 0) is 6.54 Å². The van der Waals surface area contributed by atoms with Crippen LogP contribution in [0, 0.1) is 12.8 Å². The molecule has 0 atom stereocenters. The van der Waals surface area contributed by atoms with Crippen molar-refractivity contribution < 1.29 is 0 Å². The Hall–Kier alpha value is -1.34. The fraction of sp³-hybridized carbons (Fsp3) is 0.474. The molecule has 2 aromatic rings. The van der Waals surface area contributed by atoms with E-state index in [2.05, 4.69) is 69.1 Å². The first kappa shape index (κ1) is 15.1. The molecule has 0 amide bonds. The molecule has 0 saturated heterocycles. The first-order valence-corrected chi connectivity index (χ1v) is 7.73. The van der Waals surface area contributed by atoms with Crippen LogP contribution in [0.25, 0.3) is 10.8 Å². The van der Waals surface area contributed by atoms with E-state index in [1.807, 2.05) is 0 Å². The lowest BCUT2D eigenvalue weighted by Crippen LogP contribution is -2.19. The van der Waals surface area contributed by atoms with Crippen LogP contribution in [0.4, 0.5) is 0 Å². The quantitative estimate of drug-likeness (QED) is 0.712. The maximum absolute atomic E-state index is 2.44. The van der Waals surface area contributed by atoms with Gasteiger partial charge >= 0.3 is 0 Å². The summed E-state index contributed by atoms with van der Waals surface area (Å²) < 4.78 is 0. The van der Waals surface area contributed by atoms with Gasteiger partial charge in [0.25, 0.3) is 0 Å². The second-order valence-corrected chi connectivity index (χ2v) is 6.36. The molecule has 0 spiro atoms. The van der Waals surface area contributed by atoms with Crippen molar-refractivity contribution in [1.82, 2.24) is 4.90 Å². The van der Waals surface area contributed by atoms with Gasteiger partial charge in [0.05, 0.1) is 0 Å². The second kappa shape index (κ2) is 6.90. The third-order valence-corrected chi connectivity index (χ3v) is 3.99. The minimum absolute atomic E-state index is 0.809. The fourth-order valence-electron chi connectivity index (χ4n) is 2.79. The lowest BCUT2D eigenvalue weighted by Gasteiger charge is -2.19. The standard InChI is InChI=1S/C19H27N/c1-15(2)8-7-13-20(4)14-17-12-11-16(3)18-9-5-6-10-19(17)18/h5-6,9-12,15H,7-8,13-14H2,1-4H3. The molecular weight excluding hydrogens is 242 g/mol. The van der Waals surface area contributed by atoms with Gasteiger partial charge in [-0.1, -0.05) is 50.2 Å². The van der Waals surface area contributed by atoms with E-state index in [-0.39, 0.29) is 0 Å². The Labute approximate surface area is 123 Å². The first-order chi connectivity index (χ1) is 9.58. The van der Waals surface area contributed by atoms with Crippen LogP contribution in [0.2, 0.25) is 0 Å². The van der Waals surface area contributed by atoms with E-state index in [9.17, 15) is 0 Å². The van der Waals surface area contributed by atoms with Gasteiger partial charge in [-0.25, -0.2) is 0 Å². The Morgan fingerprint density at radius 3 is 2.40 bits per heavy atom. The van der Waals surface area contributed by atoms with Gasteiger partial charge in [0, 0.05) is 6.54 Å². The lowest BCUT2D eigenvalue weighted by molar-refractivity contribution is 0.311. The van der Waals surface area contributed by atoms with E-state index in [1.165, 1.54) is 41.3 Å². The molecule has 0 unspecified atom stereocenters. The van der Waals surface area contributed by atoms with E-state index in [1.54, 1.807) is 0 Å². The summed E-state index contributed by atoms with van der Waals surface area (Å²) in [5.41, 5.74) is 2.81. The lowest BCUT2D eigenvalue weighted by atomic mass is 10.00. The minimum atomic E-state index is 0.809. The van der Waals surface area contributed by atoms with Crippen LogP contribution in [-0.4, -0.2) is 18.5 Å². The zero-order valence-electron chi connectivity index (χ0n) is 13.3. The van der Waals surface area contributed by atoms with Crippen molar-refractivity contribution in [2.24, 2.45) is 5.92 Å². The highest BCUT2D eigenvalue weighted by atomic mass is 15.1. The molecule has 0 aromatic heterocycles. The average molecular weight is 269 g/mol. The number of nitrogens with zero attached hydrogens (tertiary/aromatic N) is 1. The summed E-state index contributed by atoms with van der Waals surface area (Å²) in [5.74, 6) is 0.809. The smallest absolute Gasteiger partial charge is 0.0236 e. The molecule has 20 heavy (non-hydrogen) atoms. The zero-order valence-corrected chi connectivity index (χ0v) is 13.3. The van der Waals surface area contributed by atoms with Gasteiger partial charge in [-0.2, -0.15) is 0 Å². The summed E-state index contributed by atoms with van der Waals surface area (Å²) in [7, 11) is 2.23. The van der Waals surface area contributed by atoms with E-state index in [4.69, 9.17) is 0 Å². The molecule has 2 aromatic carbocycles. The molecule has 0 radical (unpaired) electrons. The van der Waals surface area contributed by atoms with Crippen LogP contribution in [0.15, 0.2) is 36.4 Å². The van der Waals surface area contributed by atoms with Gasteiger partial charge in [-0.15, -0.1) is 0 Å². The molecule has 2 rings (SSSR count). The topological polar surface area (TPSA) is 3.24 Å². The minimum Gasteiger partial charge on any atom is -0.302 e. The largest absolute Gasteiger partial charge is 0.302 e. The van der Waals surface area contributed by atoms with E-state index >= 15 is 0 Å². The third-order valence-electron chi connectivity index (χ3n) is 3.99. The molecule has 0 aliphatic heterocycles. The predicted molar refractivity (Wildman–Crippen MR) is 89.1 cm³/mol. The summed E-state index contributed by atoms with van der Waals surface area (Å²) in [6, 6.07) is 13.3. The highest BCUT2D eigenvalue weighted by molar-refractivity contribution is 5.88. The van der Waals surface area contributed by atoms with Crippen LogP contribution in [0.5, 0.6) is 0 Å². The van der Waals surface area contributed by atoms with Crippen molar-refractivity contribution >= 4 is 10.8 Å². The summed E-state index contributed by atoms with van der Waals surface area (Å²) in [4.78, 5) is 2.44. The molecule has 0 N–H and O–H groups in total. The molecule has 0 heterocycles. The first-order valence-electron chi connectivity index (χ1n) is 7.73. The van der Waals surface area contributed by atoms with Crippen molar-refractivity contribution in [2.75, 3.05) is 13.6 Å². The van der Waals surface area contributed by atoms with Crippen molar-refractivity contribution in [2.45, 2.75) is 40.2 Å². The normalized spacial score (nSPS) is 11.7. The van der Waals surface area contributed by atoms with Gasteiger partial charge < -0.3 is 4.90 Å². The number of fused-ring (bicyclic) bond motifs is 1. The van der Waals surface area contributed by atoms with Crippen LogP contribution < -0.4 is 0 Å². The fourth-order valence-corrected chi connectivity index (χ4v) is 2.79. The Bertz CT molecular complexity index is 557. The number of hydrogen-bond acceptors (Lipinski definition) is 1. The SMILES string of the molecule is Cc1ccc(CN(C)CCCC(C)C)c2ccccc12. The predicted octanol–water partition coefficient (Wildman–Crippen LogP) is 5.02. The van der Waals surface area contributed by atoms with Gasteiger partial charge in [-0.05, 0) is 61.2 Å². The molecule has 0 aliphatic carbocycles. The maximum Gasteiger partial charge on any atom is 0.0236 e.